The fourth-order valence-corrected chi connectivity index (χ4v) is 6.68. The number of likely N-dealkylation sites (tertiary alicyclic amines) is 2. The molecule has 1 aromatic rings. The Labute approximate surface area is 249 Å². The van der Waals surface area contributed by atoms with E-state index in [4.69, 9.17) is 10.3 Å². The number of carbonyl (C=O) groups excluding carboxylic acids is 4. The van der Waals surface area contributed by atoms with Crippen LogP contribution in [0.4, 0.5) is 0 Å². The Kier molecular flexibility index (Phi) is 11.8. The van der Waals surface area contributed by atoms with E-state index in [1.54, 1.807) is 4.90 Å². The Bertz CT molecular complexity index is 1030. The van der Waals surface area contributed by atoms with Gasteiger partial charge >= 0.3 is 0 Å². The summed E-state index contributed by atoms with van der Waals surface area (Å²) in [6.07, 6.45) is 11.3. The lowest BCUT2D eigenvalue weighted by molar-refractivity contribution is -0.144. The Balaban J connectivity index is 1.37. The van der Waals surface area contributed by atoms with Crippen molar-refractivity contribution >= 4 is 23.6 Å². The maximum atomic E-state index is 13.8. The monoisotopic (exact) mass is 586 g/mol. The van der Waals surface area contributed by atoms with Gasteiger partial charge in [-0.2, -0.15) is 0 Å². The van der Waals surface area contributed by atoms with Crippen molar-refractivity contribution in [2.75, 3.05) is 32.7 Å². The summed E-state index contributed by atoms with van der Waals surface area (Å²) in [5.41, 5.74) is 5.80. The van der Waals surface area contributed by atoms with Crippen LogP contribution in [0.15, 0.2) is 16.8 Å². The number of hydrogen-bond acceptors (Lipinski definition) is 7. The lowest BCUT2D eigenvalue weighted by Crippen LogP contribution is -2.58. The van der Waals surface area contributed by atoms with Gasteiger partial charge in [-0.1, -0.05) is 57.5 Å². The van der Waals surface area contributed by atoms with E-state index in [0.717, 1.165) is 51.6 Å². The normalized spacial score (nSPS) is 21.4. The molecule has 234 valence electrons. The summed E-state index contributed by atoms with van der Waals surface area (Å²) in [5, 5.41) is 9.47. The molecule has 11 nitrogen and oxygen atoms in total. The molecule has 1 saturated carbocycles. The second kappa shape index (κ2) is 15.5. The molecule has 2 aliphatic heterocycles. The molecule has 3 fully saturated rings. The molecule has 4 N–H and O–H groups in total. The van der Waals surface area contributed by atoms with Crippen molar-refractivity contribution in [3.8, 4) is 0 Å². The minimum atomic E-state index is -0.781. The van der Waals surface area contributed by atoms with Crippen molar-refractivity contribution in [2.24, 2.45) is 29.4 Å². The van der Waals surface area contributed by atoms with E-state index in [2.05, 4.69) is 15.8 Å². The molecule has 0 bridgehead atoms. The lowest BCUT2D eigenvalue weighted by Gasteiger charge is -2.38. The fourth-order valence-electron chi connectivity index (χ4n) is 6.68. The molecule has 3 aliphatic rings. The number of amides is 4. The minimum absolute atomic E-state index is 0.0483. The number of nitrogens with two attached hydrogens (primary N) is 1. The Hall–Kier alpha value is -2.95. The predicted octanol–water partition coefficient (Wildman–Crippen LogP) is 2.71. The summed E-state index contributed by atoms with van der Waals surface area (Å²) < 4.78 is 5.01. The van der Waals surface area contributed by atoms with E-state index < -0.39 is 18.0 Å². The van der Waals surface area contributed by atoms with Crippen molar-refractivity contribution in [3.63, 3.8) is 0 Å². The molecule has 3 heterocycles. The number of piperidine rings is 2. The van der Waals surface area contributed by atoms with Crippen LogP contribution >= 0.6 is 0 Å². The predicted molar refractivity (Wildman–Crippen MR) is 158 cm³/mol. The number of carbonyl (C=O) groups is 4. The van der Waals surface area contributed by atoms with Gasteiger partial charge in [0.2, 0.25) is 23.5 Å². The highest BCUT2D eigenvalue weighted by molar-refractivity contribution is 5.96. The first-order valence-electron chi connectivity index (χ1n) is 16.1. The highest BCUT2D eigenvalue weighted by Crippen LogP contribution is 2.28. The first-order chi connectivity index (χ1) is 20.3. The Morgan fingerprint density at radius 2 is 1.62 bits per heavy atom. The zero-order valence-electron chi connectivity index (χ0n) is 25.4. The summed E-state index contributed by atoms with van der Waals surface area (Å²) in [4.78, 5) is 57.2. The van der Waals surface area contributed by atoms with Gasteiger partial charge in [-0.3, -0.25) is 19.2 Å². The third-order valence-corrected chi connectivity index (χ3v) is 9.77. The lowest BCUT2D eigenvalue weighted by atomic mass is 9.84. The van der Waals surface area contributed by atoms with Crippen LogP contribution in [0.2, 0.25) is 0 Å². The molecule has 0 radical (unpaired) electrons. The first kappa shape index (κ1) is 32.0. The van der Waals surface area contributed by atoms with Crippen LogP contribution in [0, 0.1) is 23.7 Å². The van der Waals surface area contributed by atoms with Gasteiger partial charge < -0.3 is 30.7 Å². The smallest absolute Gasteiger partial charge is 0.290 e. The topological polar surface area (TPSA) is 151 Å². The van der Waals surface area contributed by atoms with Crippen LogP contribution in [0.25, 0.3) is 0 Å². The van der Waals surface area contributed by atoms with Crippen LogP contribution in [0.3, 0.4) is 0 Å². The molecule has 11 heteroatoms. The highest BCUT2D eigenvalue weighted by Gasteiger charge is 2.37. The molecule has 4 rings (SSSR count). The summed E-state index contributed by atoms with van der Waals surface area (Å²) in [5.74, 6) is -0.0584. The number of aromatic nitrogens is 1. The molecule has 42 heavy (non-hydrogen) atoms. The first-order valence-corrected chi connectivity index (χ1v) is 16.1. The van der Waals surface area contributed by atoms with Crippen LogP contribution < -0.4 is 16.4 Å². The van der Waals surface area contributed by atoms with Gasteiger partial charge in [-0.25, -0.2) is 0 Å². The number of rotatable bonds is 11. The highest BCUT2D eigenvalue weighted by atomic mass is 16.5. The van der Waals surface area contributed by atoms with E-state index in [1.165, 1.54) is 18.7 Å². The number of nitrogens with one attached hydrogen (secondary N) is 2. The number of hydrogen-bond donors (Lipinski definition) is 3. The van der Waals surface area contributed by atoms with Crippen molar-refractivity contribution in [1.29, 1.82) is 0 Å². The van der Waals surface area contributed by atoms with Gasteiger partial charge in [0, 0.05) is 38.2 Å². The van der Waals surface area contributed by atoms with E-state index >= 15 is 0 Å². The maximum Gasteiger partial charge on any atom is 0.290 e. The van der Waals surface area contributed by atoms with E-state index in [-0.39, 0.29) is 35.3 Å². The van der Waals surface area contributed by atoms with Crippen LogP contribution in [-0.4, -0.2) is 83.4 Å². The van der Waals surface area contributed by atoms with Gasteiger partial charge in [-0.05, 0) is 56.4 Å². The zero-order chi connectivity index (χ0) is 30.1. The molecule has 0 aromatic carbocycles. The number of nitrogens with zero attached hydrogens (tertiary/aromatic N) is 3. The second-order valence-corrected chi connectivity index (χ2v) is 12.6. The maximum absolute atomic E-state index is 13.8. The minimum Gasteiger partial charge on any atom is -0.351 e. The molecular weight excluding hydrogens is 536 g/mol. The van der Waals surface area contributed by atoms with Gasteiger partial charge in [0.05, 0.1) is 6.20 Å². The van der Waals surface area contributed by atoms with E-state index in [9.17, 15) is 19.2 Å². The van der Waals surface area contributed by atoms with Crippen molar-refractivity contribution in [2.45, 2.75) is 96.6 Å². The van der Waals surface area contributed by atoms with Crippen molar-refractivity contribution in [3.05, 3.63) is 18.0 Å². The Morgan fingerprint density at radius 1 is 0.952 bits per heavy atom. The molecular formula is C31H50N6O5. The fraction of sp³-hybridized carbons (Fsp3) is 0.774. The summed E-state index contributed by atoms with van der Waals surface area (Å²) in [6.45, 7) is 7.14. The van der Waals surface area contributed by atoms with Crippen LogP contribution in [0.1, 0.15) is 95.0 Å². The van der Waals surface area contributed by atoms with E-state index in [1.807, 2.05) is 18.7 Å². The van der Waals surface area contributed by atoms with Crippen LogP contribution in [-0.2, 0) is 14.4 Å². The third kappa shape index (κ3) is 8.33. The summed E-state index contributed by atoms with van der Waals surface area (Å²) in [6, 6.07) is -0.0229. The van der Waals surface area contributed by atoms with Gasteiger partial charge in [0.1, 0.15) is 12.1 Å². The molecule has 1 aliphatic carbocycles. The molecule has 0 spiro atoms. The average molecular weight is 587 g/mol. The van der Waals surface area contributed by atoms with Crippen molar-refractivity contribution < 1.29 is 23.7 Å². The third-order valence-electron chi connectivity index (χ3n) is 9.77. The van der Waals surface area contributed by atoms with Gasteiger partial charge in [-0.15, -0.1) is 0 Å². The van der Waals surface area contributed by atoms with Crippen LogP contribution in [0.5, 0.6) is 0 Å². The van der Waals surface area contributed by atoms with Gasteiger partial charge in [0.15, 0.2) is 0 Å². The largest absolute Gasteiger partial charge is 0.351 e. The van der Waals surface area contributed by atoms with Crippen molar-refractivity contribution in [1.82, 2.24) is 25.6 Å². The standard InChI is InChI=1S/C31H50N6O5/c1-3-21(2)27(31(41)37-17-12-24(13-18-37)30(40)36-15-10-23(20-32)11-16-36)35-28(38)25(19-22-7-5-4-6-8-22)34-29(39)26-9-14-33-42-26/h9,14,21-25,27H,3-8,10-13,15-20,32H2,1-2H3,(H,34,39)(H,35,38)/t21-,25-,27-/m0/s1. The molecule has 3 atom stereocenters. The van der Waals surface area contributed by atoms with E-state index in [0.29, 0.717) is 57.2 Å². The molecule has 2 saturated heterocycles. The Morgan fingerprint density at radius 3 is 2.21 bits per heavy atom. The summed E-state index contributed by atoms with van der Waals surface area (Å²) >= 11 is 0. The molecule has 1 aromatic heterocycles. The average Bonchev–Trinajstić information content (AvgIpc) is 3.58. The summed E-state index contributed by atoms with van der Waals surface area (Å²) in [7, 11) is 0. The zero-order valence-corrected chi connectivity index (χ0v) is 25.4. The van der Waals surface area contributed by atoms with Gasteiger partial charge in [0.25, 0.3) is 5.91 Å². The second-order valence-electron chi connectivity index (χ2n) is 12.6. The molecule has 4 amide bonds. The molecule has 0 unspecified atom stereocenters. The SMILES string of the molecule is CC[C@H](C)[C@H](NC(=O)[C@H](CC1CCCCC1)NC(=O)c1ccno1)C(=O)N1CCC(C(=O)N2CCC(CN)CC2)CC1. The quantitative estimate of drug-likeness (QED) is 0.361.